The lowest BCUT2D eigenvalue weighted by Gasteiger charge is -2.25. The van der Waals surface area contributed by atoms with Gasteiger partial charge in [-0.25, -0.2) is 24.0 Å². The number of nitrogens with one attached hydrogen (secondary N) is 2. The second-order valence-corrected chi connectivity index (χ2v) is 11.9. The van der Waals surface area contributed by atoms with Crippen LogP contribution in [0.15, 0.2) is 77.7 Å². The lowest BCUT2D eigenvalue weighted by atomic mass is 9.99. The average molecular weight is 710 g/mol. The smallest absolute Gasteiger partial charge is 0.408 e. The molecule has 0 fully saturated rings. The van der Waals surface area contributed by atoms with Crippen molar-refractivity contribution in [2.24, 2.45) is 11.8 Å². The second-order valence-electron chi connectivity index (χ2n) is 11.9. The molecule has 0 aliphatic rings. The number of ether oxygens (including phenoxy) is 5. The molecule has 276 valence electrons. The second kappa shape index (κ2) is 20.9. The third-order valence-electron chi connectivity index (χ3n) is 8.07. The first-order valence-electron chi connectivity index (χ1n) is 16.7. The number of rotatable bonds is 19. The zero-order valence-corrected chi connectivity index (χ0v) is 29.3. The average Bonchev–Trinajstić information content (AvgIpc) is 3.14. The van der Waals surface area contributed by atoms with Crippen LogP contribution in [0.5, 0.6) is 0 Å². The van der Waals surface area contributed by atoms with E-state index in [0.29, 0.717) is 12.8 Å². The standard InChI is InChI=1S/C36H47N5O10/c1-5-24(3)30(39-35(45)49-19-26-13-9-7-10-14-26)32(42)47-21-28(51-23-41-18-17-29(37)38-34(41)44)22-48-33(43)31(25(4)6-2)40-36(46)50-20-27-15-11-8-12-16-27/h7-18,24-25,28,30-31H,5-6,19-23H2,1-4H3,(H,39,45)(H,40,46)(H2,37,38,44)/t24?,25?,28?,30-,31-/m0/s1. The maximum absolute atomic E-state index is 13.3. The van der Waals surface area contributed by atoms with Crippen molar-refractivity contribution >= 4 is 29.9 Å². The number of esters is 2. The van der Waals surface area contributed by atoms with Gasteiger partial charge >= 0.3 is 29.8 Å². The van der Waals surface area contributed by atoms with Crippen LogP contribution in [0, 0.1) is 11.8 Å². The monoisotopic (exact) mass is 709 g/mol. The summed E-state index contributed by atoms with van der Waals surface area (Å²) in [6.07, 6.45) is -0.254. The summed E-state index contributed by atoms with van der Waals surface area (Å²) in [5.41, 5.74) is 6.44. The zero-order chi connectivity index (χ0) is 37.2. The van der Waals surface area contributed by atoms with Gasteiger partial charge in [-0.15, -0.1) is 0 Å². The Morgan fingerprint density at radius 1 is 0.725 bits per heavy atom. The van der Waals surface area contributed by atoms with Crippen molar-refractivity contribution < 1.29 is 42.9 Å². The normalized spacial score (nSPS) is 13.8. The third-order valence-corrected chi connectivity index (χ3v) is 8.07. The molecule has 2 aromatic carbocycles. The molecule has 1 aromatic heterocycles. The highest BCUT2D eigenvalue weighted by Crippen LogP contribution is 2.14. The predicted octanol–water partition coefficient (Wildman–Crippen LogP) is 3.94. The number of nitrogens with two attached hydrogens (primary N) is 1. The van der Waals surface area contributed by atoms with Crippen LogP contribution in [0.4, 0.5) is 15.4 Å². The molecule has 15 nitrogen and oxygen atoms in total. The number of amides is 2. The molecule has 3 aromatic rings. The van der Waals surface area contributed by atoms with Crippen molar-refractivity contribution in [2.75, 3.05) is 18.9 Å². The molecule has 0 saturated heterocycles. The Kier molecular flexibility index (Phi) is 16.4. The van der Waals surface area contributed by atoms with E-state index in [2.05, 4.69) is 15.6 Å². The largest absolute Gasteiger partial charge is 0.461 e. The van der Waals surface area contributed by atoms with Gasteiger partial charge in [-0.1, -0.05) is 101 Å². The molecular weight excluding hydrogens is 662 g/mol. The van der Waals surface area contributed by atoms with E-state index in [0.717, 1.165) is 15.7 Å². The topological polar surface area (TPSA) is 199 Å². The highest BCUT2D eigenvalue weighted by Gasteiger charge is 2.31. The van der Waals surface area contributed by atoms with Crippen molar-refractivity contribution in [1.29, 1.82) is 0 Å². The maximum atomic E-state index is 13.3. The van der Waals surface area contributed by atoms with Gasteiger partial charge < -0.3 is 40.1 Å². The maximum Gasteiger partial charge on any atom is 0.408 e. The van der Waals surface area contributed by atoms with Crippen LogP contribution in [-0.4, -0.2) is 65.1 Å². The van der Waals surface area contributed by atoms with E-state index in [4.69, 9.17) is 29.4 Å². The fourth-order valence-electron chi connectivity index (χ4n) is 4.52. The molecule has 4 atom stereocenters. The summed E-state index contributed by atoms with van der Waals surface area (Å²) in [5, 5.41) is 5.15. The van der Waals surface area contributed by atoms with Crippen LogP contribution in [0.3, 0.4) is 0 Å². The van der Waals surface area contributed by atoms with Gasteiger partial charge in [0.2, 0.25) is 0 Å². The molecule has 0 saturated carbocycles. The van der Waals surface area contributed by atoms with Crippen molar-refractivity contribution in [1.82, 2.24) is 20.2 Å². The number of nitrogens with zero attached hydrogens (tertiary/aromatic N) is 2. The number of nitrogen functional groups attached to an aromatic ring is 1. The van der Waals surface area contributed by atoms with E-state index in [9.17, 15) is 24.0 Å². The first-order valence-corrected chi connectivity index (χ1v) is 16.7. The summed E-state index contributed by atoms with van der Waals surface area (Å²) in [4.78, 5) is 67.7. The van der Waals surface area contributed by atoms with Gasteiger partial charge in [0.1, 0.15) is 57.2 Å². The fraction of sp³-hybridized carbons (Fsp3) is 0.444. The summed E-state index contributed by atoms with van der Waals surface area (Å²) in [6, 6.07) is 17.4. The molecule has 0 radical (unpaired) electrons. The number of carbonyl (C=O) groups is 4. The Hall–Kier alpha value is -5.44. The Balaban J connectivity index is 1.66. The van der Waals surface area contributed by atoms with Crippen molar-refractivity contribution in [3.8, 4) is 0 Å². The molecule has 0 spiro atoms. The zero-order valence-electron chi connectivity index (χ0n) is 29.3. The lowest BCUT2D eigenvalue weighted by molar-refractivity contribution is -0.161. The molecule has 0 bridgehead atoms. The minimum atomic E-state index is -1.08. The van der Waals surface area contributed by atoms with E-state index in [1.54, 1.807) is 38.1 Å². The van der Waals surface area contributed by atoms with E-state index < -0.39 is 61.2 Å². The number of anilines is 1. The Labute approximate surface area is 296 Å². The van der Waals surface area contributed by atoms with E-state index >= 15 is 0 Å². The summed E-state index contributed by atoms with van der Waals surface area (Å²) in [6.45, 7) is 6.08. The Morgan fingerprint density at radius 2 is 1.18 bits per heavy atom. The van der Waals surface area contributed by atoms with Crippen molar-refractivity contribution in [2.45, 2.75) is 78.7 Å². The van der Waals surface area contributed by atoms with Crippen molar-refractivity contribution in [3.63, 3.8) is 0 Å². The van der Waals surface area contributed by atoms with E-state index in [1.807, 2.05) is 50.2 Å². The highest BCUT2D eigenvalue weighted by molar-refractivity contribution is 5.82. The van der Waals surface area contributed by atoms with Crippen molar-refractivity contribution in [3.05, 3.63) is 94.5 Å². The Morgan fingerprint density at radius 3 is 1.59 bits per heavy atom. The van der Waals surface area contributed by atoms with Crippen LogP contribution >= 0.6 is 0 Å². The minimum Gasteiger partial charge on any atom is -0.461 e. The number of benzene rings is 2. The van der Waals surface area contributed by atoms with Crippen LogP contribution in [0.25, 0.3) is 0 Å². The van der Waals surface area contributed by atoms with Gasteiger partial charge in [-0.3, -0.25) is 4.57 Å². The number of carbonyl (C=O) groups excluding carboxylic acids is 4. The summed E-state index contributed by atoms with van der Waals surface area (Å²) >= 11 is 0. The van der Waals surface area contributed by atoms with Gasteiger partial charge in [-0.05, 0) is 29.0 Å². The molecule has 2 amide bonds. The third kappa shape index (κ3) is 13.8. The van der Waals surface area contributed by atoms with E-state index in [1.165, 1.54) is 12.3 Å². The fourth-order valence-corrected chi connectivity index (χ4v) is 4.52. The number of hydrogen-bond acceptors (Lipinski definition) is 12. The van der Waals surface area contributed by atoms with Crippen LogP contribution in [0.2, 0.25) is 0 Å². The molecule has 0 aliphatic carbocycles. The van der Waals surface area contributed by atoms with Crippen LogP contribution in [-0.2, 0) is 53.2 Å². The SMILES string of the molecule is CCC(C)[C@H](NC(=O)OCc1ccccc1)C(=O)OCC(COC(=O)[C@@H](NC(=O)OCc1ccccc1)C(C)CC)OCn1ccc(N)nc1=O. The van der Waals surface area contributed by atoms with Gasteiger partial charge in [0.15, 0.2) is 0 Å². The molecule has 4 N–H and O–H groups in total. The van der Waals surface area contributed by atoms with Gasteiger partial charge in [-0.2, -0.15) is 4.98 Å². The number of aromatic nitrogens is 2. The van der Waals surface area contributed by atoms with Gasteiger partial charge in [0.05, 0.1) is 0 Å². The summed E-state index contributed by atoms with van der Waals surface area (Å²) in [7, 11) is 0. The van der Waals surface area contributed by atoms with Crippen LogP contribution in [0.1, 0.15) is 51.7 Å². The molecule has 51 heavy (non-hydrogen) atoms. The highest BCUT2D eigenvalue weighted by atomic mass is 16.6. The van der Waals surface area contributed by atoms with Gasteiger partial charge in [0, 0.05) is 6.20 Å². The van der Waals surface area contributed by atoms with Crippen LogP contribution < -0.4 is 22.1 Å². The molecule has 0 aliphatic heterocycles. The quantitative estimate of drug-likeness (QED) is 0.120. The van der Waals surface area contributed by atoms with Gasteiger partial charge in [0.25, 0.3) is 0 Å². The lowest BCUT2D eigenvalue weighted by Crippen LogP contribution is -2.48. The molecular formula is C36H47N5O10. The Bertz CT molecular complexity index is 1520. The molecule has 1 heterocycles. The summed E-state index contributed by atoms with van der Waals surface area (Å²) < 4.78 is 28.6. The first kappa shape index (κ1) is 40.0. The number of hydrogen-bond donors (Lipinski definition) is 3. The minimum absolute atomic E-state index is 0.00678. The van der Waals surface area contributed by atoms with E-state index in [-0.39, 0.29) is 37.6 Å². The number of alkyl carbamates (subject to hydrolysis) is 2. The first-order chi connectivity index (χ1) is 24.5. The summed E-state index contributed by atoms with van der Waals surface area (Å²) in [5.74, 6) is -2.18. The molecule has 3 rings (SSSR count). The molecule has 2 unspecified atom stereocenters. The predicted molar refractivity (Wildman–Crippen MR) is 186 cm³/mol. The molecule has 15 heteroatoms.